The summed E-state index contributed by atoms with van der Waals surface area (Å²) in [5, 5.41) is 3.22. The Morgan fingerprint density at radius 1 is 0.824 bits per heavy atom. The number of nitrogens with zero attached hydrogens (tertiary/aromatic N) is 2. The molecule has 4 aromatic rings. The van der Waals surface area contributed by atoms with E-state index in [4.69, 9.17) is 0 Å². The maximum Gasteiger partial charge on any atom is 0.335 e. The normalized spacial score (nSPS) is 15.3. The highest BCUT2D eigenvalue weighted by molar-refractivity contribution is 6.39. The van der Waals surface area contributed by atoms with Crippen LogP contribution in [-0.4, -0.2) is 22.4 Å². The summed E-state index contributed by atoms with van der Waals surface area (Å²) in [7, 11) is 0. The number of aromatic nitrogens is 1. The monoisotopic (exact) mass is 449 g/mol. The largest absolute Gasteiger partial charge is 0.342 e. The van der Waals surface area contributed by atoms with Crippen molar-refractivity contribution in [3.8, 4) is 0 Å². The van der Waals surface area contributed by atoms with Crippen LogP contribution in [0.25, 0.3) is 17.0 Å². The number of amides is 4. The summed E-state index contributed by atoms with van der Waals surface area (Å²) >= 11 is 0. The fraction of sp³-hybridized carbons (Fsp3) is 0.107. The Labute approximate surface area is 197 Å². The van der Waals surface area contributed by atoms with Crippen molar-refractivity contribution < 1.29 is 14.4 Å². The molecule has 0 saturated carbocycles. The van der Waals surface area contributed by atoms with E-state index >= 15 is 0 Å². The van der Waals surface area contributed by atoms with Gasteiger partial charge in [0.15, 0.2) is 0 Å². The number of benzene rings is 3. The van der Waals surface area contributed by atoms with Gasteiger partial charge in [-0.1, -0.05) is 67.6 Å². The molecule has 2 heterocycles. The highest BCUT2D eigenvalue weighted by atomic mass is 16.2. The van der Waals surface area contributed by atoms with Gasteiger partial charge in [0, 0.05) is 29.2 Å². The number of imide groups is 2. The molecule has 6 heteroatoms. The van der Waals surface area contributed by atoms with Crippen LogP contribution in [0.3, 0.4) is 0 Å². The molecule has 5 rings (SSSR count). The van der Waals surface area contributed by atoms with Crippen LogP contribution in [0.2, 0.25) is 0 Å². The average Bonchev–Trinajstić information content (AvgIpc) is 3.20. The molecule has 0 atom stereocenters. The second kappa shape index (κ2) is 8.83. The fourth-order valence-corrected chi connectivity index (χ4v) is 4.23. The molecule has 34 heavy (non-hydrogen) atoms. The molecule has 3 aromatic carbocycles. The van der Waals surface area contributed by atoms with Gasteiger partial charge in [0.25, 0.3) is 11.8 Å². The zero-order chi connectivity index (χ0) is 23.7. The first kappa shape index (κ1) is 21.4. The SMILES string of the molecule is CCc1ccc(N2C(=O)NC(=O)C(=Cc3cn(Cc4ccccc4)c4ccccc34)C2=O)cc1. The summed E-state index contributed by atoms with van der Waals surface area (Å²) in [5.41, 5.74) is 4.30. The third-order valence-electron chi connectivity index (χ3n) is 6.02. The smallest absolute Gasteiger partial charge is 0.335 e. The van der Waals surface area contributed by atoms with Gasteiger partial charge in [-0.3, -0.25) is 14.9 Å². The van der Waals surface area contributed by atoms with E-state index in [0.29, 0.717) is 12.2 Å². The van der Waals surface area contributed by atoms with E-state index in [2.05, 4.69) is 22.0 Å². The molecule has 1 N–H and O–H groups in total. The topological polar surface area (TPSA) is 71.4 Å². The first-order chi connectivity index (χ1) is 16.5. The summed E-state index contributed by atoms with van der Waals surface area (Å²) in [6.07, 6.45) is 4.35. The summed E-state index contributed by atoms with van der Waals surface area (Å²) in [6.45, 7) is 2.68. The lowest BCUT2D eigenvalue weighted by molar-refractivity contribution is -0.122. The first-order valence-electron chi connectivity index (χ1n) is 11.2. The second-order valence-corrected chi connectivity index (χ2v) is 8.19. The minimum absolute atomic E-state index is 0.0817. The standard InChI is InChI=1S/C28H23N3O3/c1-2-19-12-14-22(15-13-19)31-27(33)24(26(32)29-28(31)34)16-21-18-30(17-20-8-4-3-5-9-20)25-11-7-6-10-23(21)25/h3-16,18H,2,17H2,1H3,(H,29,32,34). The Morgan fingerprint density at radius 3 is 2.26 bits per heavy atom. The maximum atomic E-state index is 13.3. The molecule has 0 spiro atoms. The lowest BCUT2D eigenvalue weighted by Crippen LogP contribution is -2.54. The van der Waals surface area contributed by atoms with E-state index in [-0.39, 0.29) is 5.57 Å². The Kier molecular flexibility index (Phi) is 5.55. The van der Waals surface area contributed by atoms with E-state index in [1.807, 2.05) is 67.7 Å². The van der Waals surface area contributed by atoms with Crippen molar-refractivity contribution in [3.63, 3.8) is 0 Å². The number of aryl methyl sites for hydroxylation is 1. The van der Waals surface area contributed by atoms with Crippen LogP contribution < -0.4 is 10.2 Å². The fourth-order valence-electron chi connectivity index (χ4n) is 4.23. The minimum Gasteiger partial charge on any atom is -0.342 e. The molecule has 1 aliphatic heterocycles. The van der Waals surface area contributed by atoms with E-state index in [1.165, 1.54) is 0 Å². The molecule has 168 valence electrons. The van der Waals surface area contributed by atoms with Crippen LogP contribution in [0.15, 0.2) is 90.6 Å². The number of urea groups is 1. The van der Waals surface area contributed by atoms with E-state index in [9.17, 15) is 14.4 Å². The van der Waals surface area contributed by atoms with Gasteiger partial charge in [0.05, 0.1) is 5.69 Å². The summed E-state index contributed by atoms with van der Waals surface area (Å²) < 4.78 is 2.09. The molecule has 0 bridgehead atoms. The number of carbonyl (C=O) groups is 3. The van der Waals surface area contributed by atoms with Crippen LogP contribution in [0, 0.1) is 0 Å². The molecule has 1 aliphatic rings. The van der Waals surface area contributed by atoms with Crippen LogP contribution in [0.1, 0.15) is 23.6 Å². The zero-order valence-electron chi connectivity index (χ0n) is 18.7. The molecule has 1 fully saturated rings. The van der Waals surface area contributed by atoms with Crippen molar-refractivity contribution in [1.82, 2.24) is 9.88 Å². The van der Waals surface area contributed by atoms with Gasteiger partial charge in [-0.05, 0) is 41.8 Å². The molecule has 0 radical (unpaired) electrons. The maximum absolute atomic E-state index is 13.3. The van der Waals surface area contributed by atoms with Gasteiger partial charge >= 0.3 is 6.03 Å². The first-order valence-corrected chi connectivity index (χ1v) is 11.2. The number of nitrogens with one attached hydrogen (secondary N) is 1. The third kappa shape index (κ3) is 3.90. The second-order valence-electron chi connectivity index (χ2n) is 8.19. The van der Waals surface area contributed by atoms with E-state index in [1.54, 1.807) is 18.2 Å². The predicted molar refractivity (Wildman–Crippen MR) is 132 cm³/mol. The summed E-state index contributed by atoms with van der Waals surface area (Å²) in [4.78, 5) is 39.5. The van der Waals surface area contributed by atoms with Crippen LogP contribution in [-0.2, 0) is 22.6 Å². The van der Waals surface area contributed by atoms with Gasteiger partial charge in [0.1, 0.15) is 5.57 Å². The number of barbiturate groups is 1. The molecule has 6 nitrogen and oxygen atoms in total. The van der Waals surface area contributed by atoms with E-state index < -0.39 is 17.8 Å². The van der Waals surface area contributed by atoms with Gasteiger partial charge in [-0.2, -0.15) is 0 Å². The van der Waals surface area contributed by atoms with Crippen LogP contribution >= 0.6 is 0 Å². The number of rotatable bonds is 5. The highest BCUT2D eigenvalue weighted by Crippen LogP contribution is 2.27. The number of fused-ring (bicyclic) bond motifs is 1. The lowest BCUT2D eigenvalue weighted by atomic mass is 10.1. The van der Waals surface area contributed by atoms with Crippen LogP contribution in [0.4, 0.5) is 10.5 Å². The van der Waals surface area contributed by atoms with Gasteiger partial charge in [-0.15, -0.1) is 0 Å². The van der Waals surface area contributed by atoms with Crippen molar-refractivity contribution in [2.75, 3.05) is 4.90 Å². The Hall–Kier alpha value is -4.45. The van der Waals surface area contributed by atoms with E-state index in [0.717, 1.165) is 38.9 Å². The number of hydrogen-bond donors (Lipinski definition) is 1. The zero-order valence-corrected chi connectivity index (χ0v) is 18.7. The molecule has 1 aromatic heterocycles. The van der Waals surface area contributed by atoms with Crippen LogP contribution in [0.5, 0.6) is 0 Å². The average molecular weight is 450 g/mol. The Bertz CT molecular complexity index is 1430. The van der Waals surface area contributed by atoms with Crippen molar-refractivity contribution in [1.29, 1.82) is 0 Å². The number of anilines is 1. The van der Waals surface area contributed by atoms with Crippen molar-refractivity contribution in [2.24, 2.45) is 0 Å². The number of carbonyl (C=O) groups excluding carboxylic acids is 3. The molecule has 1 saturated heterocycles. The van der Waals surface area contributed by atoms with Gasteiger partial charge in [0.2, 0.25) is 0 Å². The quantitative estimate of drug-likeness (QED) is 0.347. The lowest BCUT2D eigenvalue weighted by Gasteiger charge is -2.26. The summed E-state index contributed by atoms with van der Waals surface area (Å²) in [5.74, 6) is -1.34. The number of hydrogen-bond acceptors (Lipinski definition) is 3. The third-order valence-corrected chi connectivity index (χ3v) is 6.02. The minimum atomic E-state index is -0.747. The highest BCUT2D eigenvalue weighted by Gasteiger charge is 2.37. The molecular formula is C28H23N3O3. The van der Waals surface area contributed by atoms with Gasteiger partial charge < -0.3 is 4.57 Å². The molecule has 4 amide bonds. The molecule has 0 unspecified atom stereocenters. The van der Waals surface area contributed by atoms with Crippen molar-refractivity contribution >= 4 is 40.5 Å². The predicted octanol–water partition coefficient (Wildman–Crippen LogP) is 4.92. The van der Waals surface area contributed by atoms with Crippen molar-refractivity contribution in [2.45, 2.75) is 19.9 Å². The van der Waals surface area contributed by atoms with Crippen molar-refractivity contribution in [3.05, 3.63) is 107 Å². The number of para-hydroxylation sites is 1. The molecular weight excluding hydrogens is 426 g/mol. The Morgan fingerprint density at radius 2 is 1.53 bits per heavy atom. The summed E-state index contributed by atoms with van der Waals surface area (Å²) in [6, 6.07) is 24.3. The molecule has 0 aliphatic carbocycles. The van der Waals surface area contributed by atoms with Gasteiger partial charge in [-0.25, -0.2) is 9.69 Å². The Balaban J connectivity index is 1.55.